The van der Waals surface area contributed by atoms with Crippen LogP contribution in [0.25, 0.3) is 0 Å². The minimum Gasteiger partial charge on any atom is -0.479 e. The molecule has 0 bridgehead atoms. The van der Waals surface area contributed by atoms with Gasteiger partial charge in [-0.3, -0.25) is 4.79 Å². The number of carbonyl (C=O) groups is 2. The van der Waals surface area contributed by atoms with Gasteiger partial charge < -0.3 is 24.2 Å². The quantitative estimate of drug-likeness (QED) is 0.786. The Kier molecular flexibility index (Phi) is 4.14. The van der Waals surface area contributed by atoms with Crippen LogP contribution in [-0.2, 0) is 23.8 Å². The number of carbonyl (C=O) groups excluding carboxylic acids is 1. The average molecular weight is 299 g/mol. The number of ether oxygens (including phenoxy) is 3. The van der Waals surface area contributed by atoms with Gasteiger partial charge in [0.2, 0.25) is 5.91 Å². The predicted molar refractivity (Wildman–Crippen MR) is 70.5 cm³/mol. The fourth-order valence-electron chi connectivity index (χ4n) is 3.35. The molecule has 7 nitrogen and oxygen atoms in total. The highest BCUT2D eigenvalue weighted by Gasteiger charge is 2.43. The van der Waals surface area contributed by atoms with Gasteiger partial charge >= 0.3 is 5.97 Å². The van der Waals surface area contributed by atoms with Gasteiger partial charge in [-0.2, -0.15) is 0 Å². The molecule has 1 amide bonds. The minimum atomic E-state index is -1.01. The Morgan fingerprint density at radius 1 is 1.10 bits per heavy atom. The number of amides is 1. The SMILES string of the molecule is O=C(O)C1CN(C(=O)C2CCC3(CC2)OCCO3)CCO1. The van der Waals surface area contributed by atoms with Crippen molar-refractivity contribution in [1.82, 2.24) is 4.90 Å². The third-order valence-corrected chi connectivity index (χ3v) is 4.56. The number of aliphatic carboxylic acids is 1. The first kappa shape index (κ1) is 14.7. The molecule has 0 aromatic rings. The van der Waals surface area contributed by atoms with Gasteiger partial charge in [-0.15, -0.1) is 0 Å². The average Bonchev–Trinajstić information content (AvgIpc) is 2.96. The van der Waals surface area contributed by atoms with Crippen LogP contribution >= 0.6 is 0 Å². The number of hydrogen-bond acceptors (Lipinski definition) is 5. The fraction of sp³-hybridized carbons (Fsp3) is 0.857. The van der Waals surface area contributed by atoms with Crippen molar-refractivity contribution in [1.29, 1.82) is 0 Å². The summed E-state index contributed by atoms with van der Waals surface area (Å²) in [5.41, 5.74) is 0. The van der Waals surface area contributed by atoms with E-state index in [1.54, 1.807) is 4.90 Å². The number of nitrogens with zero attached hydrogens (tertiary/aromatic N) is 1. The molecule has 1 unspecified atom stereocenters. The first-order valence-electron chi connectivity index (χ1n) is 7.51. The molecule has 2 saturated heterocycles. The van der Waals surface area contributed by atoms with Gasteiger partial charge in [0.25, 0.3) is 0 Å². The zero-order valence-electron chi connectivity index (χ0n) is 12.0. The first-order valence-corrected chi connectivity index (χ1v) is 7.51. The Labute approximate surface area is 123 Å². The van der Waals surface area contributed by atoms with Crippen LogP contribution in [0.1, 0.15) is 25.7 Å². The lowest BCUT2D eigenvalue weighted by Gasteiger charge is -2.38. The maximum Gasteiger partial charge on any atom is 0.334 e. The smallest absolute Gasteiger partial charge is 0.334 e. The number of rotatable bonds is 2. The summed E-state index contributed by atoms with van der Waals surface area (Å²) < 4.78 is 16.5. The summed E-state index contributed by atoms with van der Waals surface area (Å²) in [7, 11) is 0. The minimum absolute atomic E-state index is 0.0393. The van der Waals surface area contributed by atoms with Crippen LogP contribution < -0.4 is 0 Å². The van der Waals surface area contributed by atoms with Crippen LogP contribution in [0.4, 0.5) is 0 Å². The molecule has 0 aromatic heterocycles. The summed E-state index contributed by atoms with van der Waals surface area (Å²) in [4.78, 5) is 25.1. The van der Waals surface area contributed by atoms with Crippen LogP contribution in [0.3, 0.4) is 0 Å². The Morgan fingerprint density at radius 2 is 1.76 bits per heavy atom. The van der Waals surface area contributed by atoms with Crippen molar-refractivity contribution in [2.24, 2.45) is 5.92 Å². The molecule has 1 saturated carbocycles. The van der Waals surface area contributed by atoms with E-state index in [2.05, 4.69) is 0 Å². The standard InChI is InChI=1S/C14H21NO6/c16-12(15-5-6-19-11(9-15)13(17)18)10-1-3-14(4-2-10)20-7-8-21-14/h10-11H,1-9H2,(H,17,18). The van der Waals surface area contributed by atoms with Crippen LogP contribution in [0.2, 0.25) is 0 Å². The Bertz CT molecular complexity index is 410. The summed E-state index contributed by atoms with van der Waals surface area (Å²) in [5, 5.41) is 8.99. The number of morpholine rings is 1. The first-order chi connectivity index (χ1) is 10.1. The second-order valence-corrected chi connectivity index (χ2v) is 5.86. The lowest BCUT2D eigenvalue weighted by molar-refractivity contribution is -0.186. The fourth-order valence-corrected chi connectivity index (χ4v) is 3.35. The maximum atomic E-state index is 12.5. The molecule has 7 heteroatoms. The number of hydrogen-bond donors (Lipinski definition) is 1. The molecule has 2 aliphatic heterocycles. The third kappa shape index (κ3) is 3.04. The predicted octanol–water partition coefficient (Wildman–Crippen LogP) is 0.232. The highest BCUT2D eigenvalue weighted by atomic mass is 16.7. The molecule has 3 fully saturated rings. The third-order valence-electron chi connectivity index (χ3n) is 4.56. The molecule has 21 heavy (non-hydrogen) atoms. The molecule has 118 valence electrons. The molecule has 1 aliphatic carbocycles. The van der Waals surface area contributed by atoms with Gasteiger partial charge in [0.05, 0.1) is 26.4 Å². The molecule has 3 rings (SSSR count). The summed E-state index contributed by atoms with van der Waals surface area (Å²) in [6.07, 6.45) is 2.02. The highest BCUT2D eigenvalue weighted by Crippen LogP contribution is 2.38. The topological polar surface area (TPSA) is 85.3 Å². The van der Waals surface area contributed by atoms with Crippen molar-refractivity contribution < 1.29 is 28.9 Å². The zero-order chi connectivity index (χ0) is 14.9. The van der Waals surface area contributed by atoms with E-state index in [1.807, 2.05) is 0 Å². The van der Waals surface area contributed by atoms with E-state index in [4.69, 9.17) is 19.3 Å². The Morgan fingerprint density at radius 3 is 2.38 bits per heavy atom. The molecule has 2 heterocycles. The monoisotopic (exact) mass is 299 g/mol. The summed E-state index contributed by atoms with van der Waals surface area (Å²) in [6, 6.07) is 0. The van der Waals surface area contributed by atoms with Gasteiger partial charge in [-0.05, 0) is 12.8 Å². The summed E-state index contributed by atoms with van der Waals surface area (Å²) >= 11 is 0. The number of carboxylic acids is 1. The van der Waals surface area contributed by atoms with Crippen LogP contribution in [0, 0.1) is 5.92 Å². The second kappa shape index (κ2) is 5.90. The van der Waals surface area contributed by atoms with E-state index in [0.717, 1.165) is 25.7 Å². The van der Waals surface area contributed by atoms with Crippen molar-refractivity contribution in [3.8, 4) is 0 Å². The van der Waals surface area contributed by atoms with Crippen LogP contribution in [0.5, 0.6) is 0 Å². The lowest BCUT2D eigenvalue weighted by atomic mass is 9.84. The largest absolute Gasteiger partial charge is 0.479 e. The van der Waals surface area contributed by atoms with Gasteiger partial charge in [0.1, 0.15) is 0 Å². The molecule has 1 atom stereocenters. The molecule has 0 radical (unpaired) electrons. The van der Waals surface area contributed by atoms with E-state index < -0.39 is 17.9 Å². The van der Waals surface area contributed by atoms with E-state index in [0.29, 0.717) is 19.8 Å². The summed E-state index contributed by atoms with van der Waals surface area (Å²) in [6.45, 7) is 2.15. The van der Waals surface area contributed by atoms with Crippen molar-refractivity contribution in [2.45, 2.75) is 37.6 Å². The maximum absolute atomic E-state index is 12.5. The van der Waals surface area contributed by atoms with Crippen molar-refractivity contribution in [2.75, 3.05) is 32.9 Å². The molecular formula is C14H21NO6. The van der Waals surface area contributed by atoms with E-state index in [1.165, 1.54) is 0 Å². The normalized spacial score (nSPS) is 29.7. The van der Waals surface area contributed by atoms with E-state index >= 15 is 0 Å². The molecule has 1 spiro atoms. The molecule has 0 aromatic carbocycles. The van der Waals surface area contributed by atoms with Gasteiger partial charge in [-0.25, -0.2) is 4.79 Å². The van der Waals surface area contributed by atoms with E-state index in [9.17, 15) is 9.59 Å². The van der Waals surface area contributed by atoms with Gasteiger partial charge in [-0.1, -0.05) is 0 Å². The lowest BCUT2D eigenvalue weighted by Crippen LogP contribution is -2.51. The Hall–Kier alpha value is -1.18. The van der Waals surface area contributed by atoms with Crippen LogP contribution in [0.15, 0.2) is 0 Å². The van der Waals surface area contributed by atoms with Crippen molar-refractivity contribution >= 4 is 11.9 Å². The van der Waals surface area contributed by atoms with Crippen LogP contribution in [-0.4, -0.2) is 66.7 Å². The second-order valence-electron chi connectivity index (χ2n) is 5.86. The molecule has 3 aliphatic rings. The zero-order valence-corrected chi connectivity index (χ0v) is 12.0. The van der Waals surface area contributed by atoms with Crippen molar-refractivity contribution in [3.05, 3.63) is 0 Å². The van der Waals surface area contributed by atoms with Crippen molar-refractivity contribution in [3.63, 3.8) is 0 Å². The number of carboxylic acid groups (broad SMARTS) is 1. The molecule has 1 N–H and O–H groups in total. The van der Waals surface area contributed by atoms with E-state index in [-0.39, 0.29) is 25.0 Å². The van der Waals surface area contributed by atoms with Gasteiger partial charge in [0, 0.05) is 25.3 Å². The summed E-state index contributed by atoms with van der Waals surface area (Å²) in [5.74, 6) is -1.50. The molecular weight excluding hydrogens is 278 g/mol. The Balaban J connectivity index is 1.55. The van der Waals surface area contributed by atoms with Gasteiger partial charge in [0.15, 0.2) is 11.9 Å². The highest BCUT2D eigenvalue weighted by molar-refractivity contribution is 5.80.